The molecule has 0 aromatic heterocycles. The Morgan fingerprint density at radius 2 is 1.90 bits per heavy atom. The van der Waals surface area contributed by atoms with Crippen LogP contribution >= 0.6 is 11.8 Å². The molecule has 114 valence electrons. The molecule has 2 rings (SSSR count). The molecule has 21 heavy (non-hydrogen) atoms. The van der Waals surface area contributed by atoms with Crippen LogP contribution in [0, 0.1) is 5.92 Å². The summed E-state index contributed by atoms with van der Waals surface area (Å²) in [6, 6.07) is 7.61. The van der Waals surface area contributed by atoms with Gasteiger partial charge in [-0.05, 0) is 49.3 Å². The highest BCUT2D eigenvalue weighted by Crippen LogP contribution is 2.22. The van der Waals surface area contributed by atoms with Gasteiger partial charge in [0.25, 0.3) is 0 Å². The lowest BCUT2D eigenvalue weighted by molar-refractivity contribution is -0.138. The van der Waals surface area contributed by atoms with Crippen molar-refractivity contribution in [3.05, 3.63) is 24.3 Å². The number of benzene rings is 1. The number of piperidine rings is 1. The number of nitrogens with zero attached hydrogens (tertiary/aromatic N) is 1. The molecule has 2 amide bonds. The average molecular weight is 308 g/mol. The predicted octanol–water partition coefficient (Wildman–Crippen LogP) is 3.13. The lowest BCUT2D eigenvalue weighted by atomic mass is 9.94. The van der Waals surface area contributed by atoms with Gasteiger partial charge < -0.3 is 15.3 Å². The molecule has 6 heteroatoms. The predicted molar refractivity (Wildman–Crippen MR) is 83.8 cm³/mol. The molecule has 1 saturated heterocycles. The van der Waals surface area contributed by atoms with Crippen molar-refractivity contribution in [1.82, 2.24) is 4.90 Å². The zero-order chi connectivity index (χ0) is 15.2. The van der Waals surface area contributed by atoms with Gasteiger partial charge in [0.05, 0.1) is 0 Å². The fraction of sp³-hybridized carbons (Fsp3) is 0.467. The van der Waals surface area contributed by atoms with Crippen LogP contribution in [0.4, 0.5) is 10.5 Å². The lowest BCUT2D eigenvalue weighted by Crippen LogP contribution is -2.41. The molecular formula is C15H20N2O3S. The molecule has 0 atom stereocenters. The first-order valence-corrected chi connectivity index (χ1v) is 8.22. The molecule has 1 aromatic carbocycles. The van der Waals surface area contributed by atoms with Gasteiger partial charge in [-0.2, -0.15) is 0 Å². The smallest absolute Gasteiger partial charge is 0.321 e. The van der Waals surface area contributed by atoms with Crippen LogP contribution in [-0.2, 0) is 4.79 Å². The summed E-state index contributed by atoms with van der Waals surface area (Å²) >= 11 is 1.66. The monoisotopic (exact) mass is 308 g/mol. The quantitative estimate of drug-likeness (QED) is 0.838. The van der Waals surface area contributed by atoms with E-state index in [1.54, 1.807) is 16.7 Å². The van der Waals surface area contributed by atoms with Crippen LogP contribution in [0.25, 0.3) is 0 Å². The Kier molecular flexibility index (Phi) is 5.50. The standard InChI is InChI=1S/C15H20N2O3S/c1-21-13-4-2-12(3-5-13)16-15(20)17-8-6-11(7-9-17)10-14(18)19/h2-5,11H,6-10H2,1H3,(H,16,20)(H,18,19). The number of anilines is 1. The second-order valence-electron chi connectivity index (χ2n) is 5.19. The molecular weight excluding hydrogens is 288 g/mol. The zero-order valence-corrected chi connectivity index (χ0v) is 12.9. The van der Waals surface area contributed by atoms with Crippen LogP contribution in [0.15, 0.2) is 29.2 Å². The number of carbonyl (C=O) groups is 2. The lowest BCUT2D eigenvalue weighted by Gasteiger charge is -2.31. The third-order valence-corrected chi connectivity index (χ3v) is 4.45. The number of thioether (sulfide) groups is 1. The first-order valence-electron chi connectivity index (χ1n) is 7.00. The molecule has 2 N–H and O–H groups in total. The van der Waals surface area contributed by atoms with Gasteiger partial charge in [0.2, 0.25) is 0 Å². The maximum absolute atomic E-state index is 12.1. The Balaban J connectivity index is 1.82. The molecule has 1 aliphatic rings. The number of aliphatic carboxylic acids is 1. The molecule has 0 saturated carbocycles. The van der Waals surface area contributed by atoms with E-state index < -0.39 is 5.97 Å². The summed E-state index contributed by atoms with van der Waals surface area (Å²) in [6.45, 7) is 1.24. The maximum atomic E-state index is 12.1. The molecule has 1 aromatic rings. The normalized spacial score (nSPS) is 15.8. The summed E-state index contributed by atoms with van der Waals surface area (Å²) in [4.78, 5) is 25.7. The molecule has 1 fully saturated rings. The van der Waals surface area contributed by atoms with E-state index in [9.17, 15) is 9.59 Å². The maximum Gasteiger partial charge on any atom is 0.321 e. The second-order valence-corrected chi connectivity index (χ2v) is 6.07. The summed E-state index contributed by atoms with van der Waals surface area (Å²) in [6.07, 6.45) is 3.72. The van der Waals surface area contributed by atoms with E-state index in [1.807, 2.05) is 30.5 Å². The van der Waals surface area contributed by atoms with Gasteiger partial charge in [0.15, 0.2) is 0 Å². The van der Waals surface area contributed by atoms with Crippen molar-refractivity contribution in [3.63, 3.8) is 0 Å². The van der Waals surface area contributed by atoms with Crippen molar-refractivity contribution in [2.45, 2.75) is 24.2 Å². The minimum absolute atomic E-state index is 0.110. The van der Waals surface area contributed by atoms with Gasteiger partial charge in [0, 0.05) is 30.1 Å². The number of likely N-dealkylation sites (tertiary alicyclic amines) is 1. The van der Waals surface area contributed by atoms with Crippen LogP contribution in [0.1, 0.15) is 19.3 Å². The van der Waals surface area contributed by atoms with Crippen molar-refractivity contribution < 1.29 is 14.7 Å². The average Bonchev–Trinajstić information content (AvgIpc) is 2.48. The first kappa shape index (κ1) is 15.7. The number of urea groups is 1. The van der Waals surface area contributed by atoms with E-state index in [4.69, 9.17) is 5.11 Å². The number of hydrogen-bond acceptors (Lipinski definition) is 3. The van der Waals surface area contributed by atoms with Gasteiger partial charge in [0.1, 0.15) is 0 Å². The van der Waals surface area contributed by atoms with Gasteiger partial charge in [-0.3, -0.25) is 4.79 Å². The van der Waals surface area contributed by atoms with Crippen LogP contribution in [0.3, 0.4) is 0 Å². The van der Waals surface area contributed by atoms with Gasteiger partial charge in [-0.15, -0.1) is 11.8 Å². The largest absolute Gasteiger partial charge is 0.481 e. The van der Waals surface area contributed by atoms with Crippen molar-refractivity contribution >= 4 is 29.4 Å². The molecule has 0 spiro atoms. The molecule has 0 radical (unpaired) electrons. The van der Waals surface area contributed by atoms with E-state index in [0.29, 0.717) is 13.1 Å². The Bertz CT molecular complexity index is 496. The van der Waals surface area contributed by atoms with Crippen molar-refractivity contribution in [2.24, 2.45) is 5.92 Å². The number of hydrogen-bond donors (Lipinski definition) is 2. The Morgan fingerprint density at radius 3 is 2.43 bits per heavy atom. The SMILES string of the molecule is CSc1ccc(NC(=O)N2CCC(CC(=O)O)CC2)cc1. The van der Waals surface area contributed by atoms with Crippen LogP contribution in [-0.4, -0.2) is 41.4 Å². The fourth-order valence-electron chi connectivity index (χ4n) is 2.46. The molecule has 0 unspecified atom stereocenters. The van der Waals surface area contributed by atoms with E-state index in [2.05, 4.69) is 5.32 Å². The first-order chi connectivity index (χ1) is 10.1. The van der Waals surface area contributed by atoms with Crippen LogP contribution in [0.5, 0.6) is 0 Å². The van der Waals surface area contributed by atoms with Crippen LogP contribution in [0.2, 0.25) is 0 Å². The molecule has 1 aliphatic heterocycles. The third kappa shape index (κ3) is 4.67. The summed E-state index contributed by atoms with van der Waals surface area (Å²) < 4.78 is 0. The van der Waals surface area contributed by atoms with Gasteiger partial charge >= 0.3 is 12.0 Å². The van der Waals surface area contributed by atoms with Crippen molar-refractivity contribution in [3.8, 4) is 0 Å². The molecule has 1 heterocycles. The van der Waals surface area contributed by atoms with E-state index in [0.717, 1.165) is 23.4 Å². The number of rotatable bonds is 4. The van der Waals surface area contributed by atoms with E-state index in [1.165, 1.54) is 0 Å². The van der Waals surface area contributed by atoms with Crippen molar-refractivity contribution in [1.29, 1.82) is 0 Å². The number of nitrogens with one attached hydrogen (secondary N) is 1. The Labute approximate surface area is 128 Å². The Morgan fingerprint density at radius 1 is 1.29 bits per heavy atom. The van der Waals surface area contributed by atoms with Gasteiger partial charge in [-0.25, -0.2) is 4.79 Å². The highest BCUT2D eigenvalue weighted by molar-refractivity contribution is 7.98. The van der Waals surface area contributed by atoms with Crippen LogP contribution < -0.4 is 5.32 Å². The molecule has 0 aliphatic carbocycles. The fourth-order valence-corrected chi connectivity index (χ4v) is 2.87. The minimum atomic E-state index is -0.758. The summed E-state index contributed by atoms with van der Waals surface area (Å²) in [5.41, 5.74) is 0.783. The van der Waals surface area contributed by atoms with E-state index >= 15 is 0 Å². The third-order valence-electron chi connectivity index (χ3n) is 3.71. The highest BCUT2D eigenvalue weighted by Gasteiger charge is 2.24. The molecule has 0 bridgehead atoms. The summed E-state index contributed by atoms with van der Waals surface area (Å²) in [5.74, 6) is -0.570. The number of amides is 2. The number of carboxylic acid groups (broad SMARTS) is 1. The van der Waals surface area contributed by atoms with E-state index in [-0.39, 0.29) is 18.4 Å². The zero-order valence-electron chi connectivity index (χ0n) is 12.0. The summed E-state index contributed by atoms with van der Waals surface area (Å²) in [5, 5.41) is 11.7. The van der Waals surface area contributed by atoms with Gasteiger partial charge in [-0.1, -0.05) is 0 Å². The highest BCUT2D eigenvalue weighted by atomic mass is 32.2. The van der Waals surface area contributed by atoms with Crippen molar-refractivity contribution in [2.75, 3.05) is 24.7 Å². The summed E-state index contributed by atoms with van der Waals surface area (Å²) in [7, 11) is 0. The Hall–Kier alpha value is -1.69. The topological polar surface area (TPSA) is 69.6 Å². The second kappa shape index (κ2) is 7.36. The number of carbonyl (C=O) groups excluding carboxylic acids is 1. The minimum Gasteiger partial charge on any atom is -0.481 e. The number of carboxylic acids is 1. The molecule has 5 nitrogen and oxygen atoms in total.